The maximum Gasteiger partial charge on any atom is 0.242 e. The molecule has 10 nitrogen and oxygen atoms in total. The minimum Gasteiger partial charge on any atom is -0.351 e. The van der Waals surface area contributed by atoms with Crippen molar-refractivity contribution in [2.24, 2.45) is 0 Å². The second-order valence-electron chi connectivity index (χ2n) is 7.05. The van der Waals surface area contributed by atoms with Crippen LogP contribution >= 0.6 is 23.5 Å². The van der Waals surface area contributed by atoms with Crippen LogP contribution in [-0.4, -0.2) is 87.9 Å². The average molecular weight is 471 g/mol. The smallest absolute Gasteiger partial charge is 0.242 e. The summed E-state index contributed by atoms with van der Waals surface area (Å²) in [5.41, 5.74) is 0.246. The van der Waals surface area contributed by atoms with E-state index in [2.05, 4.69) is 17.2 Å². The number of carbonyl (C=O) groups is 6. The van der Waals surface area contributed by atoms with Gasteiger partial charge in [-0.15, -0.1) is 0 Å². The number of imide groups is 2. The number of hydrogen-bond acceptors (Lipinski definition) is 8. The van der Waals surface area contributed by atoms with Crippen molar-refractivity contribution in [3.8, 4) is 0 Å². The molecule has 0 spiro atoms. The van der Waals surface area contributed by atoms with E-state index in [9.17, 15) is 28.8 Å². The molecule has 0 saturated carbocycles. The van der Waals surface area contributed by atoms with Gasteiger partial charge < -0.3 is 10.6 Å². The number of rotatable bonds is 11. The molecule has 0 bridgehead atoms. The van der Waals surface area contributed by atoms with E-state index >= 15 is 0 Å². The third kappa shape index (κ3) is 6.57. The lowest BCUT2D eigenvalue weighted by Gasteiger charge is -2.16. The molecule has 0 aromatic rings. The summed E-state index contributed by atoms with van der Waals surface area (Å²) in [6.45, 7) is 3.65. The Morgan fingerprint density at radius 2 is 1.35 bits per heavy atom. The third-order valence-corrected chi connectivity index (χ3v) is 6.79. The van der Waals surface area contributed by atoms with Gasteiger partial charge in [0.05, 0.1) is 17.0 Å². The summed E-state index contributed by atoms with van der Waals surface area (Å²) < 4.78 is 0. The molecular weight excluding hydrogens is 444 g/mol. The Morgan fingerprint density at radius 3 is 1.77 bits per heavy atom. The van der Waals surface area contributed by atoms with E-state index in [4.69, 9.17) is 0 Å². The first-order valence-electron chi connectivity index (χ1n) is 9.66. The van der Waals surface area contributed by atoms with E-state index in [1.807, 2.05) is 0 Å². The summed E-state index contributed by atoms with van der Waals surface area (Å²) in [5, 5.41) is 4.30. The lowest BCUT2D eigenvalue weighted by Crippen LogP contribution is -2.38. The van der Waals surface area contributed by atoms with Gasteiger partial charge in [0.1, 0.15) is 0 Å². The van der Waals surface area contributed by atoms with Crippen molar-refractivity contribution >= 4 is 59.0 Å². The minimum absolute atomic E-state index is 0.00483. The summed E-state index contributed by atoms with van der Waals surface area (Å²) in [7, 11) is 0. The maximum absolute atomic E-state index is 12.0. The van der Waals surface area contributed by atoms with Crippen LogP contribution < -0.4 is 10.6 Å². The Bertz CT molecular complexity index is 802. The molecule has 0 aliphatic carbocycles. The molecular formula is C19H26N4O6S2. The van der Waals surface area contributed by atoms with Crippen molar-refractivity contribution < 1.29 is 28.8 Å². The van der Waals surface area contributed by atoms with Crippen LogP contribution in [-0.2, 0) is 28.8 Å². The first-order valence-corrected chi connectivity index (χ1v) is 12.2. The summed E-state index contributed by atoms with van der Waals surface area (Å²) in [4.78, 5) is 73.9. The van der Waals surface area contributed by atoms with Crippen LogP contribution in [0.15, 0.2) is 12.3 Å². The molecule has 2 fully saturated rings. The predicted octanol–water partition coefficient (Wildman–Crippen LogP) is -0.506. The molecule has 0 aromatic heterocycles. The number of amides is 6. The number of likely N-dealkylation sites (tertiary alicyclic amines) is 2. The van der Waals surface area contributed by atoms with Gasteiger partial charge in [0, 0.05) is 44.5 Å². The summed E-state index contributed by atoms with van der Waals surface area (Å²) in [6.07, 6.45) is 3.70. The summed E-state index contributed by atoms with van der Waals surface area (Å²) >= 11 is 2.62. The number of nitrogens with one attached hydrogen (secondary N) is 2. The number of thioether (sulfide) groups is 2. The number of hydrogen-bond donors (Lipinski definition) is 2. The fourth-order valence-corrected chi connectivity index (χ4v) is 4.44. The van der Waals surface area contributed by atoms with Gasteiger partial charge in [-0.25, -0.2) is 0 Å². The van der Waals surface area contributed by atoms with Crippen LogP contribution in [0.25, 0.3) is 0 Å². The van der Waals surface area contributed by atoms with Gasteiger partial charge in [0.25, 0.3) is 0 Å². The summed E-state index contributed by atoms with van der Waals surface area (Å²) in [5.74, 6) is -1.95. The second kappa shape index (κ2) is 11.3. The number of nitrogens with zero attached hydrogens (tertiary/aromatic N) is 2. The fraction of sp³-hybridized carbons (Fsp3) is 0.579. The molecule has 12 heteroatoms. The molecule has 2 aliphatic rings. The molecule has 2 saturated heterocycles. The van der Waals surface area contributed by atoms with Gasteiger partial charge in [0.15, 0.2) is 0 Å². The molecule has 31 heavy (non-hydrogen) atoms. The average Bonchev–Trinajstić information content (AvgIpc) is 3.17. The second-order valence-corrected chi connectivity index (χ2v) is 9.13. The highest BCUT2D eigenvalue weighted by atomic mass is 32.2. The van der Waals surface area contributed by atoms with Gasteiger partial charge in [-0.05, 0) is 12.5 Å². The van der Waals surface area contributed by atoms with E-state index in [-0.39, 0.29) is 85.8 Å². The van der Waals surface area contributed by atoms with Crippen molar-refractivity contribution in [1.29, 1.82) is 0 Å². The van der Waals surface area contributed by atoms with Crippen molar-refractivity contribution in [2.45, 2.75) is 36.2 Å². The van der Waals surface area contributed by atoms with Crippen LogP contribution in [0, 0.1) is 0 Å². The third-order valence-electron chi connectivity index (χ3n) is 4.91. The Labute approximate surface area is 188 Å². The standard InChI is InChI=1S/C19H26N4O6S2/c1-11(21-15(25)5-7-23-17(27)9-13(31-3)19(23)29)10-20-14(24)4-6-22-16(26)8-12(30-2)18(22)28/h12-13H,1,4-10H2,2-3H3,(H,20,24)(H,21,25). The first kappa shape index (κ1) is 24.9. The summed E-state index contributed by atoms with van der Waals surface area (Å²) in [6, 6.07) is 0. The van der Waals surface area contributed by atoms with E-state index in [0.29, 0.717) is 0 Å². The molecule has 2 heterocycles. The first-order chi connectivity index (χ1) is 14.7. The maximum atomic E-state index is 12.0. The van der Waals surface area contributed by atoms with E-state index < -0.39 is 11.2 Å². The number of carbonyl (C=O) groups excluding carboxylic acids is 6. The molecule has 0 aromatic carbocycles. The van der Waals surface area contributed by atoms with Gasteiger partial charge in [-0.3, -0.25) is 38.6 Å². The monoisotopic (exact) mass is 470 g/mol. The molecule has 170 valence electrons. The molecule has 6 amide bonds. The Balaban J connectivity index is 1.66. The van der Waals surface area contributed by atoms with Crippen LogP contribution in [0.1, 0.15) is 25.7 Å². The molecule has 2 aliphatic heterocycles. The van der Waals surface area contributed by atoms with Crippen molar-refractivity contribution in [3.05, 3.63) is 12.3 Å². The largest absolute Gasteiger partial charge is 0.351 e. The highest BCUT2D eigenvalue weighted by molar-refractivity contribution is 8.00. The lowest BCUT2D eigenvalue weighted by atomic mass is 10.3. The minimum atomic E-state index is -0.427. The van der Waals surface area contributed by atoms with Crippen molar-refractivity contribution in [1.82, 2.24) is 20.4 Å². The van der Waals surface area contributed by atoms with Gasteiger partial charge >= 0.3 is 0 Å². The van der Waals surface area contributed by atoms with E-state index in [0.717, 1.165) is 9.80 Å². The molecule has 2 atom stereocenters. The van der Waals surface area contributed by atoms with Crippen molar-refractivity contribution in [3.63, 3.8) is 0 Å². The quantitative estimate of drug-likeness (QED) is 0.386. The van der Waals surface area contributed by atoms with Crippen LogP contribution in [0.3, 0.4) is 0 Å². The van der Waals surface area contributed by atoms with E-state index in [1.165, 1.54) is 23.5 Å². The highest BCUT2D eigenvalue weighted by Gasteiger charge is 2.38. The van der Waals surface area contributed by atoms with E-state index in [1.54, 1.807) is 12.5 Å². The topological polar surface area (TPSA) is 133 Å². The zero-order valence-corrected chi connectivity index (χ0v) is 19.1. The Hall–Kier alpha value is -2.34. The lowest BCUT2D eigenvalue weighted by molar-refractivity contribution is -0.140. The predicted molar refractivity (Wildman–Crippen MR) is 117 cm³/mol. The Kier molecular flexibility index (Phi) is 9.11. The molecule has 2 rings (SSSR count). The zero-order valence-electron chi connectivity index (χ0n) is 17.5. The van der Waals surface area contributed by atoms with Crippen LogP contribution in [0.4, 0.5) is 0 Å². The van der Waals surface area contributed by atoms with Gasteiger partial charge in [-0.1, -0.05) is 6.58 Å². The SMILES string of the molecule is C=C(CNC(=O)CCN1C(=O)CC(SC)C1=O)NC(=O)CCN1C(=O)CC(SC)C1=O. The fourth-order valence-electron chi connectivity index (χ4n) is 3.17. The van der Waals surface area contributed by atoms with Gasteiger partial charge in [-0.2, -0.15) is 23.5 Å². The van der Waals surface area contributed by atoms with Gasteiger partial charge in [0.2, 0.25) is 35.4 Å². The Morgan fingerprint density at radius 1 is 0.903 bits per heavy atom. The molecule has 0 radical (unpaired) electrons. The molecule has 2 unspecified atom stereocenters. The molecule has 2 N–H and O–H groups in total. The van der Waals surface area contributed by atoms with Crippen molar-refractivity contribution in [2.75, 3.05) is 32.1 Å². The normalized spacial score (nSPS) is 21.1. The van der Waals surface area contributed by atoms with Crippen LogP contribution in [0.5, 0.6) is 0 Å². The van der Waals surface area contributed by atoms with Crippen LogP contribution in [0.2, 0.25) is 0 Å². The zero-order chi connectivity index (χ0) is 23.1. The highest BCUT2D eigenvalue weighted by Crippen LogP contribution is 2.23.